The Morgan fingerprint density at radius 1 is 1.33 bits per heavy atom. The quantitative estimate of drug-likeness (QED) is 0.876. The van der Waals surface area contributed by atoms with E-state index in [0.717, 1.165) is 18.3 Å². The lowest BCUT2D eigenvalue weighted by Gasteiger charge is -2.07. The molecule has 0 aliphatic heterocycles. The van der Waals surface area contributed by atoms with Gasteiger partial charge in [-0.3, -0.25) is 0 Å². The molecule has 1 aromatic heterocycles. The minimum Gasteiger partial charge on any atom is -0.339 e. The third kappa shape index (κ3) is 3.08. The van der Waals surface area contributed by atoms with Gasteiger partial charge in [0.05, 0.1) is 4.90 Å². The molecule has 0 radical (unpaired) electrons. The van der Waals surface area contributed by atoms with Crippen LogP contribution >= 0.6 is 11.8 Å². The lowest BCUT2D eigenvalue weighted by molar-refractivity contribution is 0.534. The van der Waals surface area contributed by atoms with Gasteiger partial charge in [0.15, 0.2) is 5.16 Å². The van der Waals surface area contributed by atoms with Crippen LogP contribution in [0.3, 0.4) is 0 Å². The number of nitrogens with one attached hydrogen (secondary N) is 2. The fourth-order valence-electron chi connectivity index (χ4n) is 1.48. The predicted molar refractivity (Wildman–Crippen MR) is 66.4 cm³/mol. The van der Waals surface area contributed by atoms with Crippen LogP contribution in [-0.4, -0.2) is 16.5 Å². The molecule has 96 valence electrons. The standard InChI is InChI=1S/C12H13F2N3S/c1-2-15-7-8-5-9(13)11(10(14)6-8)18-12-16-3-4-17-12/h3-6,15H,2,7H2,1H3,(H,16,17). The minimum absolute atomic E-state index is 0.0369. The summed E-state index contributed by atoms with van der Waals surface area (Å²) >= 11 is 0.943. The number of benzene rings is 1. The van der Waals surface area contributed by atoms with Crippen molar-refractivity contribution in [2.75, 3.05) is 6.54 Å². The van der Waals surface area contributed by atoms with Gasteiger partial charge in [0.25, 0.3) is 0 Å². The molecule has 1 aromatic carbocycles. The van der Waals surface area contributed by atoms with Crippen molar-refractivity contribution < 1.29 is 8.78 Å². The number of hydrogen-bond donors (Lipinski definition) is 2. The Morgan fingerprint density at radius 2 is 2.06 bits per heavy atom. The molecule has 0 saturated carbocycles. The van der Waals surface area contributed by atoms with Gasteiger partial charge in [0, 0.05) is 18.9 Å². The van der Waals surface area contributed by atoms with E-state index in [4.69, 9.17) is 0 Å². The maximum atomic E-state index is 13.8. The first-order chi connectivity index (χ1) is 8.70. The fraction of sp³-hybridized carbons (Fsp3) is 0.250. The molecule has 2 N–H and O–H groups in total. The zero-order valence-corrected chi connectivity index (χ0v) is 10.7. The molecule has 0 aliphatic rings. The van der Waals surface area contributed by atoms with Crippen molar-refractivity contribution in [3.63, 3.8) is 0 Å². The zero-order chi connectivity index (χ0) is 13.0. The Morgan fingerprint density at radius 3 is 2.61 bits per heavy atom. The van der Waals surface area contributed by atoms with E-state index < -0.39 is 11.6 Å². The highest BCUT2D eigenvalue weighted by Crippen LogP contribution is 2.30. The number of aromatic amines is 1. The molecule has 0 bridgehead atoms. The van der Waals surface area contributed by atoms with Gasteiger partial charge in [0.1, 0.15) is 11.6 Å². The first kappa shape index (κ1) is 13.0. The third-order valence-corrected chi connectivity index (χ3v) is 3.32. The molecule has 0 atom stereocenters. The van der Waals surface area contributed by atoms with Gasteiger partial charge in [-0.05, 0) is 36.0 Å². The minimum atomic E-state index is -0.565. The highest BCUT2D eigenvalue weighted by atomic mass is 32.2. The molecule has 0 spiro atoms. The van der Waals surface area contributed by atoms with Crippen molar-refractivity contribution in [3.8, 4) is 0 Å². The number of H-pyrrole nitrogens is 1. The topological polar surface area (TPSA) is 40.7 Å². The molecule has 6 heteroatoms. The smallest absolute Gasteiger partial charge is 0.170 e. The molecule has 2 rings (SSSR count). The van der Waals surface area contributed by atoms with Crippen LogP contribution in [0.5, 0.6) is 0 Å². The number of hydrogen-bond acceptors (Lipinski definition) is 3. The second-order valence-electron chi connectivity index (χ2n) is 3.67. The maximum absolute atomic E-state index is 13.8. The molecule has 0 saturated heterocycles. The van der Waals surface area contributed by atoms with Crippen molar-refractivity contribution in [2.45, 2.75) is 23.5 Å². The van der Waals surface area contributed by atoms with Crippen LogP contribution in [0, 0.1) is 11.6 Å². The van der Waals surface area contributed by atoms with Crippen molar-refractivity contribution in [1.82, 2.24) is 15.3 Å². The van der Waals surface area contributed by atoms with Crippen LogP contribution < -0.4 is 5.32 Å². The van der Waals surface area contributed by atoms with Crippen molar-refractivity contribution >= 4 is 11.8 Å². The molecular formula is C12H13F2N3S. The summed E-state index contributed by atoms with van der Waals surface area (Å²) in [4.78, 5) is 6.69. The Kier molecular flexibility index (Phi) is 4.33. The predicted octanol–water partition coefficient (Wildman–Crippen LogP) is 2.95. The molecule has 0 aliphatic carbocycles. The van der Waals surface area contributed by atoms with Gasteiger partial charge >= 0.3 is 0 Å². The van der Waals surface area contributed by atoms with E-state index in [1.54, 1.807) is 6.20 Å². The zero-order valence-electron chi connectivity index (χ0n) is 9.84. The van der Waals surface area contributed by atoms with Gasteiger partial charge in [-0.15, -0.1) is 0 Å². The first-order valence-electron chi connectivity index (χ1n) is 5.56. The lowest BCUT2D eigenvalue weighted by atomic mass is 10.2. The van der Waals surface area contributed by atoms with Crippen LogP contribution in [-0.2, 0) is 6.54 Å². The van der Waals surface area contributed by atoms with Gasteiger partial charge < -0.3 is 10.3 Å². The summed E-state index contributed by atoms with van der Waals surface area (Å²) in [6.45, 7) is 3.15. The van der Waals surface area contributed by atoms with Crippen molar-refractivity contribution in [2.24, 2.45) is 0 Å². The summed E-state index contributed by atoms with van der Waals surface area (Å²) in [5, 5.41) is 3.49. The van der Waals surface area contributed by atoms with Crippen LogP contribution in [0.4, 0.5) is 8.78 Å². The molecule has 18 heavy (non-hydrogen) atoms. The second kappa shape index (κ2) is 5.97. The fourth-order valence-corrected chi connectivity index (χ4v) is 2.23. The normalized spacial score (nSPS) is 10.8. The SMILES string of the molecule is CCNCc1cc(F)c(Sc2ncc[nH]2)c(F)c1. The summed E-state index contributed by atoms with van der Waals surface area (Å²) in [6, 6.07) is 2.69. The molecule has 3 nitrogen and oxygen atoms in total. The Bertz CT molecular complexity index is 491. The number of aromatic nitrogens is 2. The van der Waals surface area contributed by atoms with Crippen molar-refractivity contribution in [3.05, 3.63) is 41.7 Å². The van der Waals surface area contributed by atoms with E-state index in [1.165, 1.54) is 18.3 Å². The summed E-state index contributed by atoms with van der Waals surface area (Å²) in [6.07, 6.45) is 3.15. The van der Waals surface area contributed by atoms with Crippen LogP contribution in [0.1, 0.15) is 12.5 Å². The van der Waals surface area contributed by atoms with E-state index in [2.05, 4.69) is 15.3 Å². The summed E-state index contributed by atoms with van der Waals surface area (Å²) in [5.74, 6) is -1.13. The van der Waals surface area contributed by atoms with Gasteiger partial charge in [-0.2, -0.15) is 0 Å². The lowest BCUT2D eigenvalue weighted by Crippen LogP contribution is -2.12. The van der Waals surface area contributed by atoms with Crippen LogP contribution in [0.2, 0.25) is 0 Å². The van der Waals surface area contributed by atoms with Crippen LogP contribution in [0.25, 0.3) is 0 Å². The van der Waals surface area contributed by atoms with Crippen molar-refractivity contribution in [1.29, 1.82) is 0 Å². The maximum Gasteiger partial charge on any atom is 0.170 e. The molecular weight excluding hydrogens is 256 g/mol. The number of imidazole rings is 1. The average Bonchev–Trinajstić information content (AvgIpc) is 2.84. The van der Waals surface area contributed by atoms with Gasteiger partial charge in [-0.1, -0.05) is 6.92 Å². The Balaban J connectivity index is 2.21. The molecule has 2 aromatic rings. The Labute approximate surface area is 108 Å². The molecule has 0 fully saturated rings. The van der Waals surface area contributed by atoms with Gasteiger partial charge in [0.2, 0.25) is 0 Å². The molecule has 0 amide bonds. The third-order valence-electron chi connectivity index (χ3n) is 2.31. The largest absolute Gasteiger partial charge is 0.339 e. The Hall–Kier alpha value is -1.40. The highest BCUT2D eigenvalue weighted by Gasteiger charge is 2.13. The number of halogens is 2. The highest BCUT2D eigenvalue weighted by molar-refractivity contribution is 7.99. The van der Waals surface area contributed by atoms with E-state index in [-0.39, 0.29) is 4.90 Å². The summed E-state index contributed by atoms with van der Waals surface area (Å²) in [5.41, 5.74) is 0.593. The van der Waals surface area contributed by atoms with E-state index in [9.17, 15) is 8.78 Å². The average molecular weight is 269 g/mol. The van der Waals surface area contributed by atoms with Gasteiger partial charge in [-0.25, -0.2) is 13.8 Å². The molecule has 0 unspecified atom stereocenters. The van der Waals surface area contributed by atoms with E-state index >= 15 is 0 Å². The second-order valence-corrected chi connectivity index (χ2v) is 4.66. The van der Waals surface area contributed by atoms with E-state index in [0.29, 0.717) is 17.3 Å². The molecule has 1 heterocycles. The van der Waals surface area contributed by atoms with E-state index in [1.807, 2.05) is 6.92 Å². The monoisotopic (exact) mass is 269 g/mol. The van der Waals surface area contributed by atoms with Crippen LogP contribution in [0.15, 0.2) is 34.6 Å². The summed E-state index contributed by atoms with van der Waals surface area (Å²) < 4.78 is 27.6. The first-order valence-corrected chi connectivity index (χ1v) is 6.38. The number of rotatable bonds is 5. The number of nitrogens with zero attached hydrogens (tertiary/aromatic N) is 1. The summed E-state index contributed by atoms with van der Waals surface area (Å²) in [7, 11) is 0.